The van der Waals surface area contributed by atoms with E-state index < -0.39 is 36.0 Å². The fourth-order valence-electron chi connectivity index (χ4n) is 7.95. The first-order valence-electron chi connectivity index (χ1n) is 16.2. The number of carbonyl (C=O) groups excluding carboxylic acids is 3. The van der Waals surface area contributed by atoms with Gasteiger partial charge in [0.15, 0.2) is 23.0 Å². The van der Waals surface area contributed by atoms with Crippen LogP contribution < -0.4 is 14.8 Å². The van der Waals surface area contributed by atoms with Gasteiger partial charge in [0.1, 0.15) is 12.1 Å². The van der Waals surface area contributed by atoms with Gasteiger partial charge in [-0.05, 0) is 75.9 Å². The number of aryl methyl sites for hydroxylation is 1. The lowest BCUT2D eigenvalue weighted by atomic mass is 9.69. The van der Waals surface area contributed by atoms with Gasteiger partial charge >= 0.3 is 0 Å². The molecule has 256 valence electrons. The van der Waals surface area contributed by atoms with Crippen molar-refractivity contribution in [2.75, 3.05) is 32.5 Å². The summed E-state index contributed by atoms with van der Waals surface area (Å²) < 4.78 is 14.2. The van der Waals surface area contributed by atoms with Crippen molar-refractivity contribution in [3.8, 4) is 17.6 Å². The molecule has 6 rings (SSSR count). The van der Waals surface area contributed by atoms with Crippen molar-refractivity contribution in [3.63, 3.8) is 0 Å². The van der Waals surface area contributed by atoms with Gasteiger partial charge < -0.3 is 24.6 Å². The quantitative estimate of drug-likeness (QED) is 0.154. The van der Waals surface area contributed by atoms with Gasteiger partial charge in [0.05, 0.1) is 37.9 Å². The summed E-state index contributed by atoms with van der Waals surface area (Å²) in [5, 5.41) is 25.3. The van der Waals surface area contributed by atoms with E-state index in [1.807, 2.05) is 55.3 Å². The summed E-state index contributed by atoms with van der Waals surface area (Å²) in [5.41, 5.74) is 5.63. The van der Waals surface area contributed by atoms with Crippen molar-refractivity contribution in [1.82, 2.24) is 15.1 Å². The number of para-hydroxylation sites is 1. The highest BCUT2D eigenvalue weighted by Crippen LogP contribution is 2.53. The smallest absolute Gasteiger partial charge is 0.244 e. The minimum atomic E-state index is -0.822. The highest BCUT2D eigenvalue weighted by atomic mass is 32.2. The van der Waals surface area contributed by atoms with Crippen LogP contribution in [-0.4, -0.2) is 95.9 Å². The lowest BCUT2D eigenvalue weighted by Crippen LogP contribution is -2.71. The molecule has 1 amide bonds. The van der Waals surface area contributed by atoms with E-state index in [0.717, 1.165) is 16.8 Å². The first-order valence-corrected chi connectivity index (χ1v) is 17.0. The maximum atomic E-state index is 14.1. The molecule has 2 bridgehead atoms. The Labute approximate surface area is 290 Å². The molecule has 13 heteroatoms. The second kappa shape index (κ2) is 13.7. The molecule has 3 unspecified atom stereocenters. The maximum absolute atomic E-state index is 14.1. The number of amides is 1. The number of aromatic hydroxyl groups is 1. The third-order valence-corrected chi connectivity index (χ3v) is 10.8. The lowest BCUT2D eigenvalue weighted by molar-refractivity contribution is -0.125. The zero-order chi connectivity index (χ0) is 35.1. The molecule has 3 N–H and O–H groups in total. The molecule has 6 atom stereocenters. The number of hydrogen-bond acceptors (Lipinski definition) is 12. The minimum absolute atomic E-state index is 0.0305. The van der Waals surface area contributed by atoms with E-state index >= 15 is 0 Å². The van der Waals surface area contributed by atoms with Gasteiger partial charge in [0.25, 0.3) is 0 Å². The SMILES string of the molecule is COC1=C(C)C(=O)C2=C(C1=O)[C@H](CNC(=O)C(C)N=CSNc1ccccc1)N1C(C2)C2c3c(cc(C)c(OC)c3O)C[C@@H]([C@@H]1C#N)N2C. The molecule has 2 aromatic carbocycles. The van der Waals surface area contributed by atoms with Crippen LogP contribution in [0.3, 0.4) is 0 Å². The van der Waals surface area contributed by atoms with E-state index in [1.165, 1.54) is 26.2 Å². The Hall–Kier alpha value is -4.64. The number of Topliss-reactive ketones (excluding diaryl/α,β-unsaturated/α-hetero) is 2. The average Bonchev–Trinajstić information content (AvgIpc) is 3.09. The van der Waals surface area contributed by atoms with Gasteiger partial charge in [-0.1, -0.05) is 24.3 Å². The number of piperazine rings is 1. The summed E-state index contributed by atoms with van der Waals surface area (Å²) in [7, 11) is 4.80. The number of ketones is 2. The molecule has 1 aliphatic carbocycles. The van der Waals surface area contributed by atoms with Crippen LogP contribution in [0.2, 0.25) is 0 Å². The van der Waals surface area contributed by atoms with E-state index in [9.17, 15) is 24.8 Å². The number of likely N-dealkylation sites (N-methyl/N-ethyl adjacent to an activating group) is 1. The topological polar surface area (TPSA) is 157 Å². The third kappa shape index (κ3) is 5.77. The number of nitrogens with one attached hydrogen (secondary N) is 2. The minimum Gasteiger partial charge on any atom is -0.504 e. The summed E-state index contributed by atoms with van der Waals surface area (Å²) >= 11 is 1.23. The van der Waals surface area contributed by atoms with Gasteiger partial charge in [-0.25, -0.2) is 0 Å². The van der Waals surface area contributed by atoms with Gasteiger partial charge in [0.2, 0.25) is 11.7 Å². The van der Waals surface area contributed by atoms with Crippen molar-refractivity contribution in [2.24, 2.45) is 4.99 Å². The first kappa shape index (κ1) is 34.2. The molecular weight excluding hydrogens is 644 g/mol. The predicted molar refractivity (Wildman–Crippen MR) is 186 cm³/mol. The number of phenolic OH excluding ortho intramolecular Hbond substituents is 1. The lowest BCUT2D eigenvalue weighted by Gasteiger charge is -2.60. The molecule has 0 spiro atoms. The normalized spacial score (nSPS) is 25.7. The van der Waals surface area contributed by atoms with Crippen LogP contribution in [0.1, 0.15) is 43.0 Å². The molecule has 12 nitrogen and oxygen atoms in total. The molecule has 0 saturated carbocycles. The number of allylic oxidation sites excluding steroid dienone is 2. The molecule has 49 heavy (non-hydrogen) atoms. The Kier molecular flexibility index (Phi) is 9.57. The van der Waals surface area contributed by atoms with Crippen LogP contribution in [-0.2, 0) is 25.5 Å². The first-order chi connectivity index (χ1) is 23.5. The fraction of sp³-hybridized carbons (Fsp3) is 0.417. The van der Waals surface area contributed by atoms with Crippen molar-refractivity contribution in [2.45, 2.75) is 69.9 Å². The number of hydrogen-bond donors (Lipinski definition) is 3. The number of rotatable bonds is 9. The average molecular weight is 685 g/mol. The van der Waals surface area contributed by atoms with E-state index in [4.69, 9.17) is 9.47 Å². The molecular formula is C36H40N6O6S. The third-order valence-electron chi connectivity index (χ3n) is 10.2. The Morgan fingerprint density at radius 3 is 2.57 bits per heavy atom. The second-order valence-electron chi connectivity index (χ2n) is 12.8. The monoisotopic (exact) mass is 684 g/mol. The van der Waals surface area contributed by atoms with Gasteiger partial charge in [-0.3, -0.25) is 29.2 Å². The maximum Gasteiger partial charge on any atom is 0.244 e. The summed E-state index contributed by atoms with van der Waals surface area (Å²) in [4.78, 5) is 49.8. The number of phenols is 1. The van der Waals surface area contributed by atoms with Crippen molar-refractivity contribution in [1.29, 1.82) is 5.26 Å². The van der Waals surface area contributed by atoms with Crippen LogP contribution >= 0.6 is 11.9 Å². The predicted octanol–water partition coefficient (Wildman–Crippen LogP) is 3.62. The molecule has 3 aliphatic heterocycles. The number of anilines is 1. The summed E-state index contributed by atoms with van der Waals surface area (Å²) in [6.07, 6.45) is 0.642. The van der Waals surface area contributed by atoms with Crippen LogP contribution in [0.15, 0.2) is 63.9 Å². The molecule has 0 aromatic heterocycles. The van der Waals surface area contributed by atoms with Crippen LogP contribution in [0.25, 0.3) is 0 Å². The van der Waals surface area contributed by atoms with E-state index in [1.54, 1.807) is 19.4 Å². The zero-order valence-corrected chi connectivity index (χ0v) is 29.1. The van der Waals surface area contributed by atoms with Crippen LogP contribution in [0.5, 0.6) is 11.5 Å². The molecule has 0 radical (unpaired) electrons. The molecule has 1 saturated heterocycles. The molecule has 1 fully saturated rings. The van der Waals surface area contributed by atoms with E-state index in [2.05, 4.69) is 26.0 Å². The second-order valence-corrected chi connectivity index (χ2v) is 13.5. The zero-order valence-electron chi connectivity index (χ0n) is 28.3. The Balaban J connectivity index is 1.36. The number of methoxy groups -OCH3 is 2. The van der Waals surface area contributed by atoms with Crippen molar-refractivity contribution in [3.05, 3.63) is 75.6 Å². The highest BCUT2D eigenvalue weighted by molar-refractivity contribution is 8.13. The number of aliphatic imine (C=N–C) groups is 1. The van der Waals surface area contributed by atoms with Gasteiger partial charge in [0, 0.05) is 46.6 Å². The molecule has 2 aromatic rings. The van der Waals surface area contributed by atoms with E-state index in [0.29, 0.717) is 23.3 Å². The van der Waals surface area contributed by atoms with Crippen molar-refractivity contribution < 1.29 is 29.0 Å². The number of fused-ring (bicyclic) bond motifs is 6. The van der Waals surface area contributed by atoms with Crippen LogP contribution in [0.4, 0.5) is 5.69 Å². The van der Waals surface area contributed by atoms with Gasteiger partial charge in [-0.15, -0.1) is 0 Å². The van der Waals surface area contributed by atoms with Crippen LogP contribution in [0, 0.1) is 18.3 Å². The number of ether oxygens (including phenoxy) is 2. The molecule has 3 heterocycles. The summed E-state index contributed by atoms with van der Waals surface area (Å²) in [5.74, 6) is -0.738. The number of nitriles is 1. The summed E-state index contributed by atoms with van der Waals surface area (Å²) in [6.45, 7) is 5.07. The van der Waals surface area contributed by atoms with E-state index in [-0.39, 0.29) is 53.4 Å². The van der Waals surface area contributed by atoms with Gasteiger partial charge in [-0.2, -0.15) is 5.26 Å². The fourth-order valence-corrected chi connectivity index (χ4v) is 8.51. The summed E-state index contributed by atoms with van der Waals surface area (Å²) in [6, 6.07) is 10.6. The number of nitrogens with zero attached hydrogens (tertiary/aromatic N) is 4. The Morgan fingerprint density at radius 1 is 1.16 bits per heavy atom. The Bertz CT molecular complexity index is 1830. The largest absolute Gasteiger partial charge is 0.504 e. The standard InChI is InChI=1S/C36H40N6O6S/c1-18-12-21-13-24-26(15-37)42-25(30(41(24)4)28(21)32(44)34(18)47-5)14-23-29(33(45)35(48-6)19(2)31(23)43)27(42)16-38-36(46)20(3)39-17-49-40-22-10-8-7-9-11-22/h7-12,17,20,24-27,30,40,44H,13-14,16H2,1-6H3,(H,38,46)/t20?,24-,25?,26-,27-,30?/m0/s1. The Morgan fingerprint density at radius 2 is 1.90 bits per heavy atom. The number of carbonyl (C=O) groups is 3. The number of benzene rings is 2. The molecule has 4 aliphatic rings. The highest BCUT2D eigenvalue weighted by Gasteiger charge is 2.57. The van der Waals surface area contributed by atoms with Crippen molar-refractivity contribution >= 4 is 40.7 Å².